The zero-order chi connectivity index (χ0) is 12.4. The van der Waals surface area contributed by atoms with Crippen LogP contribution in [-0.4, -0.2) is 21.0 Å². The van der Waals surface area contributed by atoms with E-state index in [4.69, 9.17) is 5.11 Å². The lowest BCUT2D eigenvalue weighted by atomic mass is 10.4. The molecule has 0 bridgehead atoms. The molecular weight excluding hydrogens is 258 g/mol. The molecule has 2 aromatic rings. The van der Waals surface area contributed by atoms with Crippen molar-refractivity contribution in [2.45, 2.75) is 20.4 Å². The molecule has 0 atom stereocenters. The lowest BCUT2D eigenvalue weighted by Crippen LogP contribution is -1.97. The van der Waals surface area contributed by atoms with Crippen molar-refractivity contribution in [2.24, 2.45) is 0 Å². The van der Waals surface area contributed by atoms with Crippen LogP contribution in [0.4, 0.5) is 5.13 Å². The van der Waals surface area contributed by atoms with E-state index in [1.54, 1.807) is 18.3 Å². The number of rotatable bonds is 4. The second kappa shape index (κ2) is 4.80. The maximum absolute atomic E-state index is 10.8. The molecule has 2 N–H and O–H groups in total. The van der Waals surface area contributed by atoms with Crippen molar-refractivity contribution in [1.82, 2.24) is 9.97 Å². The number of nitrogens with one attached hydrogen (secondary N) is 1. The van der Waals surface area contributed by atoms with Crippen LogP contribution in [0.15, 0.2) is 6.20 Å². The third kappa shape index (κ3) is 2.80. The molecule has 0 radical (unpaired) electrons. The molecule has 0 aliphatic carbocycles. The highest BCUT2D eigenvalue weighted by Gasteiger charge is 2.13. The van der Waals surface area contributed by atoms with E-state index < -0.39 is 5.97 Å². The molecule has 2 rings (SSSR count). The summed E-state index contributed by atoms with van der Waals surface area (Å²) in [6.07, 6.45) is 1.82. The van der Waals surface area contributed by atoms with Crippen LogP contribution in [0.25, 0.3) is 0 Å². The number of carboxylic acids is 1. The Morgan fingerprint density at radius 1 is 1.47 bits per heavy atom. The molecule has 0 aliphatic heterocycles. The van der Waals surface area contributed by atoms with Gasteiger partial charge in [-0.3, -0.25) is 0 Å². The van der Waals surface area contributed by atoms with Gasteiger partial charge in [-0.2, -0.15) is 0 Å². The van der Waals surface area contributed by atoms with Gasteiger partial charge in [-0.05, 0) is 13.8 Å². The minimum absolute atomic E-state index is 0.280. The van der Waals surface area contributed by atoms with Gasteiger partial charge in [0.25, 0.3) is 0 Å². The summed E-state index contributed by atoms with van der Waals surface area (Å²) < 4.78 is 0. The average molecular weight is 269 g/mol. The maximum Gasteiger partial charge on any atom is 0.347 e. The number of carboxylic acid groups (broad SMARTS) is 1. The molecule has 0 saturated carbocycles. The summed E-state index contributed by atoms with van der Waals surface area (Å²) in [5.41, 5.74) is 0.542. The summed E-state index contributed by atoms with van der Waals surface area (Å²) in [5, 5.41) is 13.6. The molecule has 0 spiro atoms. The number of hydrogen-bond acceptors (Lipinski definition) is 6. The molecule has 0 aliphatic rings. The topological polar surface area (TPSA) is 75.1 Å². The number of carbonyl (C=O) groups is 1. The summed E-state index contributed by atoms with van der Waals surface area (Å²) in [4.78, 5) is 20.7. The predicted molar refractivity (Wildman–Crippen MR) is 68.0 cm³/mol. The molecule has 90 valence electrons. The fourth-order valence-electron chi connectivity index (χ4n) is 1.30. The fourth-order valence-corrected chi connectivity index (χ4v) is 2.83. The van der Waals surface area contributed by atoms with Gasteiger partial charge in [0.1, 0.15) is 9.88 Å². The Morgan fingerprint density at radius 2 is 2.24 bits per heavy atom. The van der Waals surface area contributed by atoms with Crippen molar-refractivity contribution < 1.29 is 9.90 Å². The molecule has 2 heterocycles. The third-order valence-electron chi connectivity index (χ3n) is 2.05. The summed E-state index contributed by atoms with van der Waals surface area (Å²) >= 11 is 2.76. The Morgan fingerprint density at radius 3 is 2.76 bits per heavy atom. The monoisotopic (exact) mass is 269 g/mol. The highest BCUT2D eigenvalue weighted by molar-refractivity contribution is 7.17. The van der Waals surface area contributed by atoms with Crippen molar-refractivity contribution in [3.8, 4) is 0 Å². The average Bonchev–Trinajstić information content (AvgIpc) is 2.82. The van der Waals surface area contributed by atoms with Crippen molar-refractivity contribution in [3.63, 3.8) is 0 Å². The molecule has 0 aromatic carbocycles. The van der Waals surface area contributed by atoms with Crippen LogP contribution in [0.2, 0.25) is 0 Å². The van der Waals surface area contributed by atoms with Gasteiger partial charge in [-0.15, -0.1) is 11.3 Å². The highest BCUT2D eigenvalue weighted by Crippen LogP contribution is 2.23. The van der Waals surface area contributed by atoms with E-state index >= 15 is 0 Å². The van der Waals surface area contributed by atoms with Crippen LogP contribution >= 0.6 is 22.7 Å². The van der Waals surface area contributed by atoms with Gasteiger partial charge in [-0.1, -0.05) is 11.3 Å². The van der Waals surface area contributed by atoms with Crippen molar-refractivity contribution >= 4 is 33.8 Å². The Labute approximate surface area is 106 Å². The first-order valence-electron chi connectivity index (χ1n) is 4.92. The maximum atomic E-state index is 10.8. The smallest absolute Gasteiger partial charge is 0.347 e. The molecule has 0 fully saturated rings. The quantitative estimate of drug-likeness (QED) is 0.892. The first-order chi connectivity index (χ1) is 8.06. The van der Waals surface area contributed by atoms with Crippen molar-refractivity contribution in [2.75, 3.05) is 5.32 Å². The Balaban J connectivity index is 2.04. The van der Waals surface area contributed by atoms with Crippen LogP contribution < -0.4 is 5.32 Å². The molecule has 17 heavy (non-hydrogen) atoms. The Hall–Kier alpha value is -1.47. The number of aryl methyl sites for hydroxylation is 2. The fraction of sp³-hybridized carbons (Fsp3) is 0.300. The van der Waals surface area contributed by atoms with Gasteiger partial charge >= 0.3 is 5.97 Å². The minimum atomic E-state index is -0.932. The van der Waals surface area contributed by atoms with Gasteiger partial charge < -0.3 is 10.4 Å². The van der Waals surface area contributed by atoms with Crippen LogP contribution in [0.3, 0.4) is 0 Å². The van der Waals surface area contributed by atoms with Crippen LogP contribution in [-0.2, 0) is 6.54 Å². The lowest BCUT2D eigenvalue weighted by molar-refractivity contribution is 0.0701. The normalized spacial score (nSPS) is 10.5. The van der Waals surface area contributed by atoms with Crippen LogP contribution in [0.5, 0.6) is 0 Å². The third-order valence-corrected chi connectivity index (χ3v) is 4.07. The zero-order valence-electron chi connectivity index (χ0n) is 9.35. The van der Waals surface area contributed by atoms with E-state index in [0.29, 0.717) is 17.4 Å². The van der Waals surface area contributed by atoms with Gasteiger partial charge in [0, 0.05) is 11.1 Å². The molecule has 0 unspecified atom stereocenters. The first kappa shape index (κ1) is 12.0. The van der Waals surface area contributed by atoms with E-state index in [0.717, 1.165) is 21.2 Å². The number of aromatic carboxylic acids is 1. The summed E-state index contributed by atoms with van der Waals surface area (Å²) in [6.45, 7) is 4.26. The van der Waals surface area contributed by atoms with E-state index in [9.17, 15) is 4.79 Å². The van der Waals surface area contributed by atoms with Gasteiger partial charge in [0.2, 0.25) is 0 Å². The molecule has 7 heteroatoms. The SMILES string of the molecule is Cc1cnc(CNc2nc(C)c(C(=O)O)s2)s1. The van der Waals surface area contributed by atoms with Crippen LogP contribution in [0.1, 0.15) is 25.3 Å². The first-order valence-corrected chi connectivity index (χ1v) is 6.55. The number of anilines is 1. The number of nitrogens with zero attached hydrogens (tertiary/aromatic N) is 2. The summed E-state index contributed by atoms with van der Waals surface area (Å²) in [6, 6.07) is 0. The lowest BCUT2D eigenvalue weighted by Gasteiger charge is -1.97. The molecule has 0 amide bonds. The van der Waals surface area contributed by atoms with Crippen molar-refractivity contribution in [3.05, 3.63) is 26.7 Å². The second-order valence-electron chi connectivity index (χ2n) is 3.46. The van der Waals surface area contributed by atoms with Crippen molar-refractivity contribution in [1.29, 1.82) is 0 Å². The van der Waals surface area contributed by atoms with Gasteiger partial charge in [0.15, 0.2) is 5.13 Å². The molecule has 5 nitrogen and oxygen atoms in total. The number of hydrogen-bond donors (Lipinski definition) is 2. The zero-order valence-corrected chi connectivity index (χ0v) is 11.0. The Bertz CT molecular complexity index is 547. The highest BCUT2D eigenvalue weighted by atomic mass is 32.1. The van der Waals surface area contributed by atoms with Gasteiger partial charge in [-0.25, -0.2) is 14.8 Å². The van der Waals surface area contributed by atoms with Gasteiger partial charge in [0.05, 0.1) is 12.2 Å². The number of thiazole rings is 2. The largest absolute Gasteiger partial charge is 0.477 e. The molecular formula is C10H11N3O2S2. The minimum Gasteiger partial charge on any atom is -0.477 e. The van der Waals surface area contributed by atoms with E-state index in [2.05, 4.69) is 15.3 Å². The van der Waals surface area contributed by atoms with E-state index in [1.807, 2.05) is 13.1 Å². The van der Waals surface area contributed by atoms with E-state index in [-0.39, 0.29) is 4.88 Å². The summed E-state index contributed by atoms with van der Waals surface area (Å²) in [5.74, 6) is -0.932. The summed E-state index contributed by atoms with van der Waals surface area (Å²) in [7, 11) is 0. The Kier molecular flexibility index (Phi) is 3.39. The predicted octanol–water partition coefficient (Wildman–Crippen LogP) is 2.53. The molecule has 0 saturated heterocycles. The van der Waals surface area contributed by atoms with E-state index in [1.165, 1.54) is 0 Å². The number of aromatic nitrogens is 2. The second-order valence-corrected chi connectivity index (χ2v) is 5.78. The van der Waals surface area contributed by atoms with Crippen LogP contribution in [0, 0.1) is 13.8 Å². The standard InChI is InChI=1S/C10H11N3O2S2/c1-5-3-11-7(16-5)4-12-10-13-6(2)8(17-10)9(14)15/h3H,4H2,1-2H3,(H,12,13)(H,14,15). The molecule has 2 aromatic heterocycles.